The molecule has 0 unspecified atom stereocenters. The van der Waals surface area contributed by atoms with Gasteiger partial charge in [0.15, 0.2) is 0 Å². The number of anilines is 1. The average molecular weight is 422 g/mol. The molecule has 0 aliphatic carbocycles. The molecule has 0 saturated heterocycles. The van der Waals surface area contributed by atoms with Gasteiger partial charge in [-0.25, -0.2) is 0 Å². The Bertz CT molecular complexity index is 981. The molecule has 0 fully saturated rings. The second kappa shape index (κ2) is 9.65. The number of aromatic amines is 1. The third-order valence-electron chi connectivity index (χ3n) is 4.65. The number of carbonyl (C=O) groups excluding carboxylic acids is 1. The van der Waals surface area contributed by atoms with Crippen LogP contribution in [0, 0.1) is 0 Å². The lowest BCUT2D eigenvalue weighted by atomic mass is 10.1. The van der Waals surface area contributed by atoms with E-state index in [0.717, 1.165) is 28.6 Å². The van der Waals surface area contributed by atoms with Crippen LogP contribution in [0.5, 0.6) is 5.75 Å². The summed E-state index contributed by atoms with van der Waals surface area (Å²) in [5.74, 6) is 0.201. The minimum Gasteiger partial charge on any atom is -0.493 e. The molecule has 30 heavy (non-hydrogen) atoms. The van der Waals surface area contributed by atoms with E-state index in [9.17, 15) is 22.4 Å². The van der Waals surface area contributed by atoms with Crippen LogP contribution in [0.3, 0.4) is 0 Å². The maximum atomic E-state index is 12.6. The summed E-state index contributed by atoms with van der Waals surface area (Å²) in [6.45, 7) is -0.134. The van der Waals surface area contributed by atoms with Crippen LogP contribution in [0.25, 0.3) is 10.9 Å². The van der Waals surface area contributed by atoms with Crippen molar-refractivity contribution in [3.8, 4) is 5.75 Å². The van der Waals surface area contributed by atoms with E-state index < -0.39 is 18.4 Å². The van der Waals surface area contributed by atoms with Gasteiger partial charge in [-0.15, -0.1) is 0 Å². The fourth-order valence-electron chi connectivity index (χ4n) is 3.05. The molecule has 2 N–H and O–H groups in total. The van der Waals surface area contributed by atoms with Gasteiger partial charge in [0.25, 0.3) is 0 Å². The molecule has 3 rings (SSSR count). The molecule has 4 nitrogen and oxygen atoms in total. The van der Waals surface area contributed by atoms with Crippen LogP contribution in [0.4, 0.5) is 23.2 Å². The number of amides is 1. The smallest absolute Gasteiger partial charge is 0.416 e. The van der Waals surface area contributed by atoms with Crippen molar-refractivity contribution in [2.75, 3.05) is 18.6 Å². The quantitative estimate of drug-likeness (QED) is 0.334. The highest BCUT2D eigenvalue weighted by Gasteiger charge is 2.30. The van der Waals surface area contributed by atoms with Crippen LogP contribution < -0.4 is 10.1 Å². The van der Waals surface area contributed by atoms with Gasteiger partial charge in [-0.1, -0.05) is 6.07 Å². The van der Waals surface area contributed by atoms with E-state index >= 15 is 0 Å². The van der Waals surface area contributed by atoms with E-state index in [1.807, 2.05) is 18.2 Å². The second-order valence-corrected chi connectivity index (χ2v) is 6.90. The largest absolute Gasteiger partial charge is 0.493 e. The summed E-state index contributed by atoms with van der Waals surface area (Å²) in [7, 11) is 0. The summed E-state index contributed by atoms with van der Waals surface area (Å²) in [5.41, 5.74) is 1.76. The average Bonchev–Trinajstić information content (AvgIpc) is 3.10. The number of alkyl halides is 4. The molecular weight excluding hydrogens is 400 g/mol. The first kappa shape index (κ1) is 21.7. The van der Waals surface area contributed by atoms with Gasteiger partial charge in [-0.3, -0.25) is 9.18 Å². The zero-order chi connectivity index (χ0) is 21.6. The highest BCUT2D eigenvalue weighted by Crippen LogP contribution is 2.30. The van der Waals surface area contributed by atoms with E-state index in [-0.39, 0.29) is 12.3 Å². The van der Waals surface area contributed by atoms with Crippen LogP contribution in [0.1, 0.15) is 30.4 Å². The molecule has 0 atom stereocenters. The first-order valence-electron chi connectivity index (χ1n) is 9.62. The van der Waals surface area contributed by atoms with Crippen LogP contribution >= 0.6 is 0 Å². The van der Waals surface area contributed by atoms with Crippen molar-refractivity contribution in [2.45, 2.75) is 31.9 Å². The molecule has 0 aliphatic rings. The predicted molar refractivity (Wildman–Crippen MR) is 107 cm³/mol. The monoisotopic (exact) mass is 422 g/mol. The molecule has 0 aliphatic heterocycles. The molecule has 1 aromatic heterocycles. The lowest BCUT2D eigenvalue weighted by molar-refractivity contribution is -0.137. The van der Waals surface area contributed by atoms with Gasteiger partial charge in [-0.05, 0) is 54.8 Å². The third kappa shape index (κ3) is 5.75. The number of halogens is 4. The van der Waals surface area contributed by atoms with Gasteiger partial charge in [0, 0.05) is 29.9 Å². The van der Waals surface area contributed by atoms with Crippen LogP contribution in [-0.4, -0.2) is 24.2 Å². The lowest BCUT2D eigenvalue weighted by Gasteiger charge is -2.09. The summed E-state index contributed by atoms with van der Waals surface area (Å²) >= 11 is 0. The molecule has 1 heterocycles. The molecule has 2 aromatic carbocycles. The standard InChI is InChI=1S/C22H22F4N2O2/c23-11-2-1-3-21(29)28-20-14-27-19-9-4-15(13-18(19)20)10-12-30-17-7-5-16(6-8-17)22(24,25)26/h4-9,13-14,27H,1-3,10-12H2,(H,28,29). The summed E-state index contributed by atoms with van der Waals surface area (Å²) in [6.07, 6.45) is -0.990. The van der Waals surface area contributed by atoms with Gasteiger partial charge in [0.2, 0.25) is 5.91 Å². The molecule has 0 bridgehead atoms. The molecule has 160 valence electrons. The minimum atomic E-state index is -4.37. The lowest BCUT2D eigenvalue weighted by Crippen LogP contribution is -2.10. The zero-order valence-corrected chi connectivity index (χ0v) is 16.2. The van der Waals surface area contributed by atoms with E-state index in [2.05, 4.69) is 10.3 Å². The Kier molecular flexibility index (Phi) is 6.97. The Morgan fingerprint density at radius 3 is 2.53 bits per heavy atom. The van der Waals surface area contributed by atoms with Gasteiger partial charge in [-0.2, -0.15) is 13.2 Å². The molecule has 3 aromatic rings. The number of unbranched alkanes of at least 4 members (excludes halogenated alkanes) is 1. The van der Waals surface area contributed by atoms with Crippen molar-refractivity contribution >= 4 is 22.5 Å². The van der Waals surface area contributed by atoms with Crippen LogP contribution in [0.2, 0.25) is 0 Å². The number of H-pyrrole nitrogens is 1. The van der Waals surface area contributed by atoms with E-state index in [1.165, 1.54) is 12.1 Å². The highest BCUT2D eigenvalue weighted by molar-refractivity contribution is 6.01. The van der Waals surface area contributed by atoms with Crippen LogP contribution in [-0.2, 0) is 17.4 Å². The Labute approximate surface area is 171 Å². The van der Waals surface area contributed by atoms with Crippen molar-refractivity contribution < 1.29 is 27.1 Å². The molecular formula is C22H22F4N2O2. The zero-order valence-electron chi connectivity index (χ0n) is 16.2. The summed E-state index contributed by atoms with van der Waals surface area (Å²) in [6, 6.07) is 10.3. The van der Waals surface area contributed by atoms with E-state index in [0.29, 0.717) is 37.3 Å². The highest BCUT2D eigenvalue weighted by atomic mass is 19.4. The predicted octanol–water partition coefficient (Wildman–Crippen LogP) is 5.89. The third-order valence-corrected chi connectivity index (χ3v) is 4.65. The van der Waals surface area contributed by atoms with E-state index in [1.54, 1.807) is 6.20 Å². The fraction of sp³-hybridized carbons (Fsp3) is 0.318. The fourth-order valence-corrected chi connectivity index (χ4v) is 3.05. The molecule has 0 saturated carbocycles. The van der Waals surface area contributed by atoms with Gasteiger partial charge in [0.1, 0.15) is 5.75 Å². The molecule has 0 radical (unpaired) electrons. The maximum Gasteiger partial charge on any atom is 0.416 e. The van der Waals surface area contributed by atoms with Crippen molar-refractivity contribution in [2.24, 2.45) is 0 Å². The number of fused-ring (bicyclic) bond motifs is 1. The first-order chi connectivity index (χ1) is 14.4. The number of rotatable bonds is 9. The number of nitrogens with one attached hydrogen (secondary N) is 2. The van der Waals surface area contributed by atoms with E-state index in [4.69, 9.17) is 4.74 Å². The van der Waals surface area contributed by atoms with Crippen molar-refractivity contribution in [1.82, 2.24) is 4.98 Å². The Morgan fingerprint density at radius 1 is 1.07 bits per heavy atom. The van der Waals surface area contributed by atoms with Crippen LogP contribution in [0.15, 0.2) is 48.7 Å². The van der Waals surface area contributed by atoms with Crippen molar-refractivity contribution in [3.63, 3.8) is 0 Å². The molecule has 8 heteroatoms. The van der Waals surface area contributed by atoms with Gasteiger partial charge < -0.3 is 15.0 Å². The van der Waals surface area contributed by atoms with Gasteiger partial charge >= 0.3 is 6.18 Å². The van der Waals surface area contributed by atoms with Crippen molar-refractivity contribution in [3.05, 3.63) is 59.8 Å². The maximum absolute atomic E-state index is 12.6. The number of aromatic nitrogens is 1. The minimum absolute atomic E-state index is 0.166. The van der Waals surface area contributed by atoms with Gasteiger partial charge in [0.05, 0.1) is 24.5 Å². The number of hydrogen-bond acceptors (Lipinski definition) is 2. The number of carbonyl (C=O) groups is 1. The Morgan fingerprint density at radius 2 is 1.83 bits per heavy atom. The summed E-state index contributed by atoms with van der Waals surface area (Å²) in [5, 5.41) is 3.68. The topological polar surface area (TPSA) is 54.1 Å². The molecule has 1 amide bonds. The Hall–Kier alpha value is -3.03. The van der Waals surface area contributed by atoms with Crippen molar-refractivity contribution in [1.29, 1.82) is 0 Å². The SMILES string of the molecule is O=C(CCCCF)Nc1c[nH]c2ccc(CCOc3ccc(C(F)(F)F)cc3)cc12. The number of hydrogen-bond donors (Lipinski definition) is 2. The summed E-state index contributed by atoms with van der Waals surface area (Å²) in [4.78, 5) is 15.1. The second-order valence-electron chi connectivity index (χ2n) is 6.90. The Balaban J connectivity index is 1.58. The summed E-state index contributed by atoms with van der Waals surface area (Å²) < 4.78 is 55.5. The molecule has 0 spiro atoms. The number of ether oxygens (including phenoxy) is 1. The number of benzene rings is 2. The first-order valence-corrected chi connectivity index (χ1v) is 9.62. The normalized spacial score (nSPS) is 11.6.